The molecule has 2 heterocycles. The van der Waals surface area contributed by atoms with Crippen LogP contribution in [0, 0.1) is 0 Å². The fourth-order valence-corrected chi connectivity index (χ4v) is 4.72. The molecule has 1 aliphatic carbocycles. The lowest BCUT2D eigenvalue weighted by Crippen LogP contribution is -2.29. The molecule has 0 unspecified atom stereocenters. The van der Waals surface area contributed by atoms with E-state index in [1.54, 1.807) is 13.1 Å². The third kappa shape index (κ3) is 6.38. The summed E-state index contributed by atoms with van der Waals surface area (Å²) in [4.78, 5) is 33.8. The number of aryl methyl sites for hydroxylation is 1. The van der Waals surface area contributed by atoms with Crippen LogP contribution < -0.4 is 21.6 Å². The van der Waals surface area contributed by atoms with Crippen LogP contribution in [0.15, 0.2) is 69.6 Å². The van der Waals surface area contributed by atoms with Gasteiger partial charge in [0.2, 0.25) is 5.76 Å². The van der Waals surface area contributed by atoms with Gasteiger partial charge in [0.25, 0.3) is 11.8 Å². The molecule has 2 aromatic carbocycles. The van der Waals surface area contributed by atoms with Crippen LogP contribution in [0.3, 0.4) is 0 Å². The Morgan fingerprint density at radius 3 is 2.62 bits per heavy atom. The van der Waals surface area contributed by atoms with Crippen LogP contribution in [0.5, 0.6) is 0 Å². The summed E-state index contributed by atoms with van der Waals surface area (Å²) in [6, 6.07) is 12.4. The second kappa shape index (κ2) is 11.9. The first-order chi connectivity index (χ1) is 20.1. The van der Waals surface area contributed by atoms with Gasteiger partial charge in [0.15, 0.2) is 0 Å². The highest BCUT2D eigenvalue weighted by Gasteiger charge is 2.35. The molecule has 1 aliphatic rings. The number of benzene rings is 2. The minimum atomic E-state index is -4.59. The van der Waals surface area contributed by atoms with Gasteiger partial charge < -0.3 is 15.1 Å². The molecular weight excluding hydrogens is 553 g/mol. The first-order valence-electron chi connectivity index (χ1n) is 13.1. The van der Waals surface area contributed by atoms with Crippen molar-refractivity contribution in [2.24, 2.45) is 10.3 Å². The van der Waals surface area contributed by atoms with Crippen LogP contribution in [0.4, 0.5) is 13.2 Å². The van der Waals surface area contributed by atoms with E-state index in [-0.39, 0.29) is 35.6 Å². The SMILES string of the molecule is CNNN=N[C@@H](C)c1ccc2c(c1)CC[C@@H]2NC(=O)c1cc(C(=O)NCc2ccc3cc(C(F)(F)F)oc3c2)ncn1. The molecule has 0 saturated heterocycles. The van der Waals surface area contributed by atoms with Crippen molar-refractivity contribution in [1.29, 1.82) is 0 Å². The maximum Gasteiger partial charge on any atom is 0.449 e. The van der Waals surface area contributed by atoms with E-state index in [1.807, 2.05) is 19.1 Å². The van der Waals surface area contributed by atoms with Crippen molar-refractivity contribution in [2.45, 2.75) is 44.6 Å². The van der Waals surface area contributed by atoms with E-state index in [0.717, 1.165) is 35.5 Å². The van der Waals surface area contributed by atoms with Crippen LogP contribution in [0.25, 0.3) is 11.0 Å². The average Bonchev–Trinajstić information content (AvgIpc) is 3.60. The van der Waals surface area contributed by atoms with Gasteiger partial charge in [-0.25, -0.2) is 20.9 Å². The number of halogens is 3. The van der Waals surface area contributed by atoms with Gasteiger partial charge in [-0.15, -0.1) is 0 Å². The molecule has 14 heteroatoms. The minimum Gasteiger partial charge on any atom is -0.451 e. The summed E-state index contributed by atoms with van der Waals surface area (Å²) in [5, 5.41) is 14.0. The fraction of sp³-hybridized carbons (Fsp3) is 0.286. The number of furan rings is 1. The van der Waals surface area contributed by atoms with Gasteiger partial charge in [-0.05, 0) is 54.2 Å². The highest BCUT2D eigenvalue weighted by atomic mass is 19.4. The zero-order valence-corrected chi connectivity index (χ0v) is 22.6. The summed E-state index contributed by atoms with van der Waals surface area (Å²) >= 11 is 0. The van der Waals surface area contributed by atoms with E-state index >= 15 is 0 Å². The van der Waals surface area contributed by atoms with Gasteiger partial charge in [-0.2, -0.15) is 18.3 Å². The van der Waals surface area contributed by atoms with Crippen molar-refractivity contribution >= 4 is 22.8 Å². The lowest BCUT2D eigenvalue weighted by atomic mass is 10.0. The summed E-state index contributed by atoms with van der Waals surface area (Å²) in [5.41, 5.74) is 8.96. The monoisotopic (exact) mass is 580 g/mol. The molecular formula is C28H27F3N8O3. The minimum absolute atomic E-state index is 0.00913. The molecule has 0 bridgehead atoms. The van der Waals surface area contributed by atoms with Crippen LogP contribution in [0.2, 0.25) is 0 Å². The fourth-order valence-electron chi connectivity index (χ4n) is 4.72. The van der Waals surface area contributed by atoms with Crippen molar-refractivity contribution in [3.05, 3.63) is 94.3 Å². The van der Waals surface area contributed by atoms with Crippen LogP contribution in [-0.2, 0) is 19.1 Å². The maximum atomic E-state index is 13.0. The third-order valence-electron chi connectivity index (χ3n) is 6.87. The first-order valence-corrected chi connectivity index (χ1v) is 13.1. The van der Waals surface area contributed by atoms with E-state index in [4.69, 9.17) is 4.42 Å². The molecule has 5 rings (SSSR count). The van der Waals surface area contributed by atoms with E-state index < -0.39 is 23.8 Å². The van der Waals surface area contributed by atoms with Gasteiger partial charge in [0.1, 0.15) is 23.3 Å². The van der Waals surface area contributed by atoms with Gasteiger partial charge in [-0.1, -0.05) is 35.6 Å². The number of alkyl halides is 3. The molecule has 0 radical (unpaired) electrons. The molecule has 11 nitrogen and oxygen atoms in total. The van der Waals surface area contributed by atoms with Crippen LogP contribution in [-0.4, -0.2) is 28.8 Å². The Balaban J connectivity index is 1.20. The second-order valence-corrected chi connectivity index (χ2v) is 9.73. The Bertz CT molecular complexity index is 1650. The van der Waals surface area contributed by atoms with Crippen LogP contribution in [0.1, 0.15) is 74.4 Å². The van der Waals surface area contributed by atoms with Gasteiger partial charge in [0, 0.05) is 25.0 Å². The summed E-state index contributed by atoms with van der Waals surface area (Å²) in [7, 11) is 1.69. The summed E-state index contributed by atoms with van der Waals surface area (Å²) in [5.74, 6) is -2.11. The number of carbonyl (C=O) groups is 2. The van der Waals surface area contributed by atoms with Crippen LogP contribution >= 0.6 is 0 Å². The van der Waals surface area contributed by atoms with Gasteiger partial charge >= 0.3 is 6.18 Å². The summed E-state index contributed by atoms with van der Waals surface area (Å²) < 4.78 is 43.7. The summed E-state index contributed by atoms with van der Waals surface area (Å²) in [6.07, 6.45) is -1.97. The number of hydrogen-bond donors (Lipinski definition) is 4. The quantitative estimate of drug-likeness (QED) is 0.165. The Hall–Kier alpha value is -4.85. The van der Waals surface area contributed by atoms with Crippen molar-refractivity contribution < 1.29 is 27.2 Å². The van der Waals surface area contributed by atoms with Crippen molar-refractivity contribution in [3.8, 4) is 0 Å². The first kappa shape index (κ1) is 28.7. The smallest absolute Gasteiger partial charge is 0.449 e. The zero-order valence-electron chi connectivity index (χ0n) is 22.6. The zero-order chi connectivity index (χ0) is 29.9. The average molecular weight is 581 g/mol. The Morgan fingerprint density at radius 1 is 1.07 bits per heavy atom. The molecule has 0 fully saturated rings. The highest BCUT2D eigenvalue weighted by molar-refractivity contribution is 5.97. The number of aromatic nitrogens is 2. The molecule has 2 amide bonds. The number of fused-ring (bicyclic) bond motifs is 2. The topological polar surface area (TPSA) is 146 Å². The normalized spacial score (nSPS) is 15.5. The predicted octanol–water partition coefficient (Wildman–Crippen LogP) is 4.74. The number of carbonyl (C=O) groups excluding carboxylic acids is 2. The number of nitrogens with zero attached hydrogens (tertiary/aromatic N) is 4. The lowest BCUT2D eigenvalue weighted by molar-refractivity contribution is -0.152. The molecule has 218 valence electrons. The van der Waals surface area contributed by atoms with Gasteiger partial charge in [0.05, 0.1) is 12.1 Å². The highest BCUT2D eigenvalue weighted by Crippen LogP contribution is 2.35. The predicted molar refractivity (Wildman–Crippen MR) is 145 cm³/mol. The number of hydrogen-bond acceptors (Lipinski definition) is 8. The molecule has 0 aliphatic heterocycles. The van der Waals surface area contributed by atoms with E-state index in [1.165, 1.54) is 18.2 Å². The van der Waals surface area contributed by atoms with Crippen molar-refractivity contribution in [3.63, 3.8) is 0 Å². The summed E-state index contributed by atoms with van der Waals surface area (Å²) in [6.45, 7) is 1.94. The maximum absolute atomic E-state index is 13.0. The lowest BCUT2D eigenvalue weighted by Gasteiger charge is -2.15. The standard InChI is InChI=1S/C28H27F3N8O3/c1-15(37-39-38-32-2)17-5-7-20-18(10-17)6-8-21(20)36-27(41)23-12-22(34-14-35-23)26(40)33-13-16-3-4-19-11-25(28(29,30)31)42-24(19)9-16/h3-5,7,9-12,14-15,21H,6,8,13H2,1-2H3,(H,32,39)(H,33,40)(H,36,41)(H,37,38)/t15-,21-/m0/s1. The number of hydrazine groups is 1. The van der Waals surface area contributed by atoms with Gasteiger partial charge in [-0.3, -0.25) is 9.59 Å². The molecule has 2 atom stereocenters. The molecule has 0 saturated carbocycles. The number of nitrogens with one attached hydrogen (secondary N) is 4. The van der Waals surface area contributed by atoms with E-state index in [2.05, 4.69) is 48.0 Å². The molecule has 42 heavy (non-hydrogen) atoms. The van der Waals surface area contributed by atoms with Crippen molar-refractivity contribution in [1.82, 2.24) is 31.6 Å². The molecule has 4 N–H and O–H groups in total. The number of amides is 2. The molecule has 0 spiro atoms. The number of rotatable bonds is 9. The Labute approximate surface area is 238 Å². The van der Waals surface area contributed by atoms with Crippen molar-refractivity contribution in [2.75, 3.05) is 7.05 Å². The van der Waals surface area contributed by atoms with E-state index in [0.29, 0.717) is 17.4 Å². The molecule has 2 aromatic heterocycles. The van der Waals surface area contributed by atoms with E-state index in [9.17, 15) is 22.8 Å². The molecule has 4 aromatic rings. The second-order valence-electron chi connectivity index (χ2n) is 9.73. The third-order valence-corrected chi connectivity index (χ3v) is 6.87. The Kier molecular flexibility index (Phi) is 8.15. The Morgan fingerprint density at radius 2 is 1.86 bits per heavy atom. The largest absolute Gasteiger partial charge is 0.451 e.